The minimum Gasteiger partial charge on any atom is -0.437 e. The van der Waals surface area contributed by atoms with Gasteiger partial charge in [-0.3, -0.25) is 4.98 Å². The molecule has 0 aliphatic heterocycles. The lowest BCUT2D eigenvalue weighted by atomic mass is 10.3. The van der Waals surface area contributed by atoms with Crippen molar-refractivity contribution in [3.63, 3.8) is 0 Å². The highest BCUT2D eigenvalue weighted by atomic mass is 16.5. The van der Waals surface area contributed by atoms with E-state index in [0.717, 1.165) is 12.2 Å². The molecule has 2 rings (SSSR count). The number of hydrogen-bond donors (Lipinski definition) is 1. The van der Waals surface area contributed by atoms with Gasteiger partial charge in [0, 0.05) is 25.9 Å². The number of ether oxygens (including phenoxy) is 2. The number of aryl methyl sites for hydroxylation is 1. The first-order valence-corrected chi connectivity index (χ1v) is 6.43. The van der Waals surface area contributed by atoms with Crippen LogP contribution in [0.25, 0.3) is 0 Å². The Balaban J connectivity index is 2.28. The highest BCUT2D eigenvalue weighted by molar-refractivity contribution is 5.40. The van der Waals surface area contributed by atoms with Crippen molar-refractivity contribution in [3.8, 4) is 11.6 Å². The third-order valence-corrected chi connectivity index (χ3v) is 2.55. The summed E-state index contributed by atoms with van der Waals surface area (Å²) in [6.45, 7) is 5.00. The molecule has 0 aliphatic carbocycles. The Morgan fingerprint density at radius 1 is 1.30 bits per heavy atom. The van der Waals surface area contributed by atoms with Crippen LogP contribution >= 0.6 is 0 Å². The molecule has 6 nitrogen and oxygen atoms in total. The average Bonchev–Trinajstić information content (AvgIpc) is 2.42. The summed E-state index contributed by atoms with van der Waals surface area (Å²) in [5, 5.41) is 3.14. The number of methoxy groups -OCH3 is 1. The van der Waals surface area contributed by atoms with E-state index in [1.165, 1.54) is 0 Å². The Bertz CT molecular complexity index is 551. The van der Waals surface area contributed by atoms with Crippen LogP contribution in [0.5, 0.6) is 11.6 Å². The average molecular weight is 274 g/mol. The third-order valence-electron chi connectivity index (χ3n) is 2.55. The maximum atomic E-state index is 5.77. The summed E-state index contributed by atoms with van der Waals surface area (Å²) in [6, 6.07) is 5.44. The molecule has 0 saturated carbocycles. The number of anilines is 1. The molecule has 20 heavy (non-hydrogen) atoms. The van der Waals surface area contributed by atoms with Crippen LogP contribution in [0.4, 0.5) is 5.82 Å². The molecule has 0 aliphatic rings. The Hall–Kier alpha value is -2.21. The van der Waals surface area contributed by atoms with Gasteiger partial charge in [-0.15, -0.1) is 0 Å². The normalized spacial score (nSPS) is 10.3. The first kappa shape index (κ1) is 14.2. The molecule has 0 spiro atoms. The lowest BCUT2D eigenvalue weighted by Crippen LogP contribution is -2.05. The Morgan fingerprint density at radius 2 is 2.15 bits per heavy atom. The van der Waals surface area contributed by atoms with Gasteiger partial charge in [0.05, 0.1) is 5.69 Å². The monoisotopic (exact) mass is 274 g/mol. The van der Waals surface area contributed by atoms with Crippen LogP contribution in [-0.2, 0) is 11.3 Å². The third kappa shape index (κ3) is 3.64. The molecule has 0 unspecified atom stereocenters. The fourth-order valence-corrected chi connectivity index (χ4v) is 1.68. The molecule has 2 heterocycles. The zero-order valence-electron chi connectivity index (χ0n) is 11.9. The van der Waals surface area contributed by atoms with Gasteiger partial charge in [0.15, 0.2) is 11.6 Å². The second kappa shape index (κ2) is 6.81. The summed E-state index contributed by atoms with van der Waals surface area (Å²) < 4.78 is 10.8. The summed E-state index contributed by atoms with van der Waals surface area (Å²) >= 11 is 0. The van der Waals surface area contributed by atoms with Gasteiger partial charge in [0.2, 0.25) is 5.88 Å². The lowest BCUT2D eigenvalue weighted by Gasteiger charge is -2.10. The van der Waals surface area contributed by atoms with Gasteiger partial charge in [0.25, 0.3) is 0 Å². The SMILES string of the molecule is CCNc1cc(Oc2cccnc2C)nc(COC)n1. The van der Waals surface area contributed by atoms with Gasteiger partial charge in [-0.1, -0.05) is 0 Å². The van der Waals surface area contributed by atoms with Crippen molar-refractivity contribution < 1.29 is 9.47 Å². The lowest BCUT2D eigenvalue weighted by molar-refractivity contribution is 0.177. The quantitative estimate of drug-likeness (QED) is 0.873. The van der Waals surface area contributed by atoms with E-state index in [-0.39, 0.29) is 0 Å². The molecular formula is C14H18N4O2. The fraction of sp³-hybridized carbons (Fsp3) is 0.357. The second-order valence-electron chi connectivity index (χ2n) is 4.16. The fourth-order valence-electron chi connectivity index (χ4n) is 1.68. The van der Waals surface area contributed by atoms with Gasteiger partial charge in [-0.25, -0.2) is 4.98 Å². The standard InChI is InChI=1S/C14H18N4O2/c1-4-15-12-8-14(18-13(17-12)9-19-3)20-11-6-5-7-16-10(11)2/h5-8H,4,9H2,1-3H3,(H,15,17,18). The van der Waals surface area contributed by atoms with Crippen molar-refractivity contribution >= 4 is 5.82 Å². The Kier molecular flexibility index (Phi) is 4.84. The molecule has 0 radical (unpaired) electrons. The summed E-state index contributed by atoms with van der Waals surface area (Å²) in [7, 11) is 1.61. The number of nitrogens with one attached hydrogen (secondary N) is 1. The van der Waals surface area contributed by atoms with E-state index >= 15 is 0 Å². The molecular weight excluding hydrogens is 256 g/mol. The van der Waals surface area contributed by atoms with Crippen LogP contribution in [-0.4, -0.2) is 28.6 Å². The van der Waals surface area contributed by atoms with E-state index in [1.807, 2.05) is 26.0 Å². The number of hydrogen-bond acceptors (Lipinski definition) is 6. The number of nitrogens with zero attached hydrogens (tertiary/aromatic N) is 3. The molecule has 6 heteroatoms. The van der Waals surface area contributed by atoms with Crippen LogP contribution in [0.1, 0.15) is 18.4 Å². The molecule has 0 amide bonds. The number of pyridine rings is 1. The molecule has 1 N–H and O–H groups in total. The Morgan fingerprint density at radius 3 is 2.85 bits per heavy atom. The van der Waals surface area contributed by atoms with Gasteiger partial charge >= 0.3 is 0 Å². The van der Waals surface area contributed by atoms with Crippen LogP contribution in [0.15, 0.2) is 24.4 Å². The number of aromatic nitrogens is 3. The largest absolute Gasteiger partial charge is 0.437 e. The highest BCUT2D eigenvalue weighted by Crippen LogP contribution is 2.23. The predicted octanol–water partition coefficient (Wildman–Crippen LogP) is 2.55. The van der Waals surface area contributed by atoms with E-state index in [4.69, 9.17) is 9.47 Å². The minimum atomic E-state index is 0.335. The molecule has 0 saturated heterocycles. The molecule has 0 atom stereocenters. The smallest absolute Gasteiger partial charge is 0.224 e. The van der Waals surface area contributed by atoms with Crippen molar-refractivity contribution in [2.45, 2.75) is 20.5 Å². The van der Waals surface area contributed by atoms with Crippen molar-refractivity contribution in [1.82, 2.24) is 15.0 Å². The summed E-state index contributed by atoms with van der Waals surface area (Å²) in [5.74, 6) is 2.43. The summed E-state index contributed by atoms with van der Waals surface area (Å²) in [5.41, 5.74) is 0.810. The van der Waals surface area contributed by atoms with Crippen LogP contribution < -0.4 is 10.1 Å². The molecule has 2 aromatic heterocycles. The van der Waals surface area contributed by atoms with Crippen LogP contribution in [0, 0.1) is 6.92 Å². The van der Waals surface area contributed by atoms with Crippen LogP contribution in [0.2, 0.25) is 0 Å². The van der Waals surface area contributed by atoms with Gasteiger partial charge < -0.3 is 14.8 Å². The van der Waals surface area contributed by atoms with Gasteiger partial charge in [-0.2, -0.15) is 4.98 Å². The topological polar surface area (TPSA) is 69.2 Å². The summed E-state index contributed by atoms with van der Waals surface area (Å²) in [4.78, 5) is 12.8. The van der Waals surface area contributed by atoms with Crippen molar-refractivity contribution in [1.29, 1.82) is 0 Å². The van der Waals surface area contributed by atoms with E-state index in [0.29, 0.717) is 29.9 Å². The highest BCUT2D eigenvalue weighted by Gasteiger charge is 2.08. The molecule has 2 aromatic rings. The molecule has 106 valence electrons. The maximum absolute atomic E-state index is 5.77. The van der Waals surface area contributed by atoms with E-state index in [1.54, 1.807) is 19.4 Å². The van der Waals surface area contributed by atoms with E-state index in [9.17, 15) is 0 Å². The first-order valence-electron chi connectivity index (χ1n) is 6.43. The molecule has 0 aromatic carbocycles. The van der Waals surface area contributed by atoms with E-state index in [2.05, 4.69) is 20.3 Å². The minimum absolute atomic E-state index is 0.335. The second-order valence-corrected chi connectivity index (χ2v) is 4.16. The zero-order valence-corrected chi connectivity index (χ0v) is 11.9. The summed E-state index contributed by atoms with van der Waals surface area (Å²) in [6.07, 6.45) is 1.72. The predicted molar refractivity (Wildman–Crippen MR) is 76.0 cm³/mol. The van der Waals surface area contributed by atoms with E-state index < -0.39 is 0 Å². The molecule has 0 fully saturated rings. The Labute approximate surface area is 118 Å². The first-order chi connectivity index (χ1) is 9.72. The van der Waals surface area contributed by atoms with Gasteiger partial charge in [-0.05, 0) is 26.0 Å². The van der Waals surface area contributed by atoms with Crippen molar-refractivity contribution in [3.05, 3.63) is 35.9 Å². The van der Waals surface area contributed by atoms with Crippen LogP contribution in [0.3, 0.4) is 0 Å². The maximum Gasteiger partial charge on any atom is 0.224 e. The molecule has 0 bridgehead atoms. The zero-order chi connectivity index (χ0) is 14.4. The van der Waals surface area contributed by atoms with Crippen molar-refractivity contribution in [2.75, 3.05) is 19.0 Å². The van der Waals surface area contributed by atoms with Gasteiger partial charge in [0.1, 0.15) is 12.4 Å². The number of rotatable bonds is 6. The van der Waals surface area contributed by atoms with Crippen molar-refractivity contribution in [2.24, 2.45) is 0 Å².